The molecular formula is C11H20N2O2. The van der Waals surface area contributed by atoms with E-state index in [-0.39, 0.29) is 24.6 Å². The van der Waals surface area contributed by atoms with E-state index in [1.807, 2.05) is 13.8 Å². The van der Waals surface area contributed by atoms with Gasteiger partial charge in [0.25, 0.3) is 0 Å². The molecule has 1 atom stereocenters. The van der Waals surface area contributed by atoms with Crippen LogP contribution in [0.5, 0.6) is 0 Å². The normalized spacial score (nSPS) is 14.0. The second kappa shape index (κ2) is 7.27. The van der Waals surface area contributed by atoms with Gasteiger partial charge in [-0.15, -0.1) is 6.42 Å². The predicted octanol–water partition coefficient (Wildman–Crippen LogP) is -0.123. The van der Waals surface area contributed by atoms with E-state index in [1.54, 1.807) is 0 Å². The number of carbonyl (C=O) groups excluding carboxylic acids is 1. The van der Waals surface area contributed by atoms with Crippen molar-refractivity contribution in [1.29, 1.82) is 0 Å². The Hall–Kier alpha value is -1.05. The fraction of sp³-hybridized carbons (Fsp3) is 0.727. The summed E-state index contributed by atoms with van der Waals surface area (Å²) in [5.74, 6) is 2.30. The monoisotopic (exact) mass is 212 g/mol. The quantitative estimate of drug-likeness (QED) is 0.407. The maximum absolute atomic E-state index is 11.4. The van der Waals surface area contributed by atoms with Crippen LogP contribution < -0.4 is 10.6 Å². The van der Waals surface area contributed by atoms with Gasteiger partial charge in [-0.05, 0) is 19.8 Å². The molecule has 15 heavy (non-hydrogen) atoms. The average molecular weight is 212 g/mol. The van der Waals surface area contributed by atoms with Crippen LogP contribution in [0.4, 0.5) is 0 Å². The van der Waals surface area contributed by atoms with Crippen molar-refractivity contribution in [2.45, 2.75) is 32.2 Å². The van der Waals surface area contributed by atoms with E-state index in [4.69, 9.17) is 11.5 Å². The molecule has 1 amide bonds. The highest BCUT2D eigenvalue weighted by Gasteiger charge is 2.22. The SMILES string of the molecule is C#CCNCC(=O)NC(C)(CC)CCO. The Labute approximate surface area is 91.4 Å². The van der Waals surface area contributed by atoms with Crippen molar-refractivity contribution in [1.82, 2.24) is 10.6 Å². The summed E-state index contributed by atoms with van der Waals surface area (Å²) < 4.78 is 0. The van der Waals surface area contributed by atoms with Crippen LogP contribution in [-0.2, 0) is 4.79 Å². The lowest BCUT2D eigenvalue weighted by molar-refractivity contribution is -0.122. The van der Waals surface area contributed by atoms with Gasteiger partial charge in [0.2, 0.25) is 5.91 Å². The molecule has 0 rings (SSSR count). The minimum absolute atomic E-state index is 0.0718. The van der Waals surface area contributed by atoms with Gasteiger partial charge in [0.05, 0.1) is 13.1 Å². The Morgan fingerprint density at radius 3 is 2.73 bits per heavy atom. The summed E-state index contributed by atoms with van der Waals surface area (Å²) in [5.41, 5.74) is -0.330. The lowest BCUT2D eigenvalue weighted by atomic mass is 9.95. The maximum atomic E-state index is 11.4. The summed E-state index contributed by atoms with van der Waals surface area (Å²) in [5, 5.41) is 14.6. The van der Waals surface area contributed by atoms with E-state index in [2.05, 4.69) is 16.6 Å². The molecule has 0 saturated heterocycles. The smallest absolute Gasteiger partial charge is 0.234 e. The van der Waals surface area contributed by atoms with Crippen LogP contribution in [0.2, 0.25) is 0 Å². The van der Waals surface area contributed by atoms with Crippen molar-refractivity contribution >= 4 is 5.91 Å². The Morgan fingerprint density at radius 2 is 2.27 bits per heavy atom. The number of nitrogens with one attached hydrogen (secondary N) is 2. The number of rotatable bonds is 7. The number of aliphatic hydroxyl groups is 1. The third-order valence-electron chi connectivity index (χ3n) is 2.40. The molecule has 0 aromatic rings. The molecule has 0 fully saturated rings. The highest BCUT2D eigenvalue weighted by Crippen LogP contribution is 2.13. The van der Waals surface area contributed by atoms with E-state index in [0.29, 0.717) is 13.0 Å². The van der Waals surface area contributed by atoms with Gasteiger partial charge >= 0.3 is 0 Å². The number of amides is 1. The van der Waals surface area contributed by atoms with E-state index in [9.17, 15) is 4.79 Å². The first-order valence-corrected chi connectivity index (χ1v) is 5.14. The Kier molecular flexibility index (Phi) is 6.76. The van der Waals surface area contributed by atoms with Crippen molar-refractivity contribution in [2.75, 3.05) is 19.7 Å². The first-order valence-electron chi connectivity index (χ1n) is 5.14. The van der Waals surface area contributed by atoms with Gasteiger partial charge in [-0.2, -0.15) is 0 Å². The van der Waals surface area contributed by atoms with E-state index >= 15 is 0 Å². The van der Waals surface area contributed by atoms with Crippen molar-refractivity contribution in [3.05, 3.63) is 0 Å². The van der Waals surface area contributed by atoms with Crippen LogP contribution in [0.1, 0.15) is 26.7 Å². The number of hydrogen-bond acceptors (Lipinski definition) is 3. The minimum Gasteiger partial charge on any atom is -0.396 e. The molecule has 0 aliphatic heterocycles. The summed E-state index contributed by atoms with van der Waals surface area (Å²) in [4.78, 5) is 11.4. The number of aliphatic hydroxyl groups excluding tert-OH is 1. The summed E-state index contributed by atoms with van der Waals surface area (Å²) in [7, 11) is 0. The molecule has 4 nitrogen and oxygen atoms in total. The third kappa shape index (κ3) is 6.10. The van der Waals surface area contributed by atoms with Gasteiger partial charge in [-0.3, -0.25) is 10.1 Å². The van der Waals surface area contributed by atoms with Crippen LogP contribution in [-0.4, -0.2) is 36.2 Å². The fourth-order valence-corrected chi connectivity index (χ4v) is 1.20. The van der Waals surface area contributed by atoms with E-state index in [1.165, 1.54) is 0 Å². The van der Waals surface area contributed by atoms with Crippen molar-refractivity contribution in [2.24, 2.45) is 0 Å². The minimum atomic E-state index is -0.330. The highest BCUT2D eigenvalue weighted by molar-refractivity contribution is 5.78. The topological polar surface area (TPSA) is 61.4 Å². The van der Waals surface area contributed by atoms with Crippen LogP contribution >= 0.6 is 0 Å². The first-order chi connectivity index (χ1) is 7.08. The molecule has 0 aliphatic rings. The lowest BCUT2D eigenvalue weighted by Crippen LogP contribution is -2.49. The van der Waals surface area contributed by atoms with Crippen molar-refractivity contribution in [3.63, 3.8) is 0 Å². The molecule has 0 aromatic heterocycles. The highest BCUT2D eigenvalue weighted by atomic mass is 16.3. The molecular weight excluding hydrogens is 192 g/mol. The number of carbonyl (C=O) groups is 1. The zero-order valence-electron chi connectivity index (χ0n) is 9.47. The molecule has 0 heterocycles. The molecule has 0 radical (unpaired) electrons. The molecule has 4 heteroatoms. The van der Waals surface area contributed by atoms with Crippen LogP contribution in [0.3, 0.4) is 0 Å². The van der Waals surface area contributed by atoms with Crippen LogP contribution in [0, 0.1) is 12.3 Å². The molecule has 0 saturated carbocycles. The Bertz CT molecular complexity index is 235. The summed E-state index contributed by atoms with van der Waals surface area (Å²) >= 11 is 0. The summed E-state index contributed by atoms with van der Waals surface area (Å²) in [6.45, 7) is 4.57. The fourth-order valence-electron chi connectivity index (χ4n) is 1.20. The molecule has 3 N–H and O–H groups in total. The largest absolute Gasteiger partial charge is 0.396 e. The second-order valence-electron chi connectivity index (χ2n) is 3.74. The lowest BCUT2D eigenvalue weighted by Gasteiger charge is -2.29. The van der Waals surface area contributed by atoms with Crippen LogP contribution in [0.15, 0.2) is 0 Å². The molecule has 0 aliphatic carbocycles. The van der Waals surface area contributed by atoms with Gasteiger partial charge in [0, 0.05) is 12.1 Å². The standard InChI is InChI=1S/C11H20N2O2/c1-4-7-12-9-10(15)13-11(3,5-2)6-8-14/h1,12,14H,5-9H2,2-3H3,(H,13,15). The predicted molar refractivity (Wildman–Crippen MR) is 60.2 cm³/mol. The molecule has 0 aromatic carbocycles. The van der Waals surface area contributed by atoms with Gasteiger partial charge < -0.3 is 10.4 Å². The second-order valence-corrected chi connectivity index (χ2v) is 3.74. The van der Waals surface area contributed by atoms with E-state index < -0.39 is 0 Å². The third-order valence-corrected chi connectivity index (χ3v) is 2.40. The van der Waals surface area contributed by atoms with E-state index in [0.717, 1.165) is 6.42 Å². The number of terminal acetylenes is 1. The Balaban J connectivity index is 3.96. The first kappa shape index (κ1) is 13.9. The van der Waals surface area contributed by atoms with Crippen LogP contribution in [0.25, 0.3) is 0 Å². The van der Waals surface area contributed by atoms with Gasteiger partial charge in [-0.25, -0.2) is 0 Å². The average Bonchev–Trinajstić information content (AvgIpc) is 2.18. The zero-order valence-corrected chi connectivity index (χ0v) is 9.47. The molecule has 0 bridgehead atoms. The Morgan fingerprint density at radius 1 is 1.60 bits per heavy atom. The molecule has 1 unspecified atom stereocenters. The summed E-state index contributed by atoms with van der Waals surface area (Å²) in [6.07, 6.45) is 6.38. The molecule has 0 spiro atoms. The van der Waals surface area contributed by atoms with Gasteiger partial charge in [-0.1, -0.05) is 12.8 Å². The van der Waals surface area contributed by atoms with Crippen molar-refractivity contribution < 1.29 is 9.90 Å². The van der Waals surface area contributed by atoms with Gasteiger partial charge in [0.1, 0.15) is 0 Å². The number of hydrogen-bond donors (Lipinski definition) is 3. The molecule has 86 valence electrons. The summed E-state index contributed by atoms with van der Waals surface area (Å²) in [6, 6.07) is 0. The van der Waals surface area contributed by atoms with Gasteiger partial charge in [0.15, 0.2) is 0 Å². The maximum Gasteiger partial charge on any atom is 0.234 e. The zero-order chi connectivity index (χ0) is 11.7. The van der Waals surface area contributed by atoms with Crippen molar-refractivity contribution in [3.8, 4) is 12.3 Å².